The molecule has 0 unspecified atom stereocenters. The van der Waals surface area contributed by atoms with E-state index in [1.807, 2.05) is 26.1 Å². The number of amidine groups is 1. The predicted molar refractivity (Wildman–Crippen MR) is 77.4 cm³/mol. The van der Waals surface area contributed by atoms with Crippen molar-refractivity contribution in [3.63, 3.8) is 0 Å². The molecule has 0 saturated carbocycles. The Labute approximate surface area is 105 Å². The van der Waals surface area contributed by atoms with Crippen LogP contribution >= 0.6 is 0 Å². The quantitative estimate of drug-likeness (QED) is 0.554. The van der Waals surface area contributed by atoms with Gasteiger partial charge in [0.1, 0.15) is 11.5 Å². The van der Waals surface area contributed by atoms with Gasteiger partial charge in [0.25, 0.3) is 0 Å². The molecular formula is C14H25N3. The second-order valence-corrected chi connectivity index (χ2v) is 4.56. The molecule has 0 aliphatic carbocycles. The first-order chi connectivity index (χ1) is 7.99. The largest absolute Gasteiger partial charge is 0.382 e. The minimum absolute atomic E-state index is 0.410. The highest BCUT2D eigenvalue weighted by Crippen LogP contribution is 2.06. The highest BCUT2D eigenvalue weighted by Gasteiger charge is 2.02. The van der Waals surface area contributed by atoms with Crippen LogP contribution in [0.5, 0.6) is 0 Å². The number of hydrogen-bond donors (Lipinski definition) is 1. The van der Waals surface area contributed by atoms with Crippen molar-refractivity contribution in [2.75, 3.05) is 0 Å². The van der Waals surface area contributed by atoms with Crippen molar-refractivity contribution >= 4 is 12.1 Å². The van der Waals surface area contributed by atoms with Gasteiger partial charge in [0.2, 0.25) is 0 Å². The normalized spacial score (nSPS) is 12.9. The van der Waals surface area contributed by atoms with Gasteiger partial charge in [0, 0.05) is 12.4 Å². The summed E-state index contributed by atoms with van der Waals surface area (Å²) in [6.45, 7) is 10.3. The molecule has 0 aromatic carbocycles. The molecule has 0 aromatic heterocycles. The Hall–Kier alpha value is -1.38. The fourth-order valence-corrected chi connectivity index (χ4v) is 1.11. The average molecular weight is 235 g/mol. The van der Waals surface area contributed by atoms with Crippen molar-refractivity contribution in [3.8, 4) is 0 Å². The zero-order chi connectivity index (χ0) is 13.3. The number of allylic oxidation sites excluding steroid dienone is 2. The Morgan fingerprint density at radius 3 is 2.41 bits per heavy atom. The molecule has 3 nitrogen and oxygen atoms in total. The van der Waals surface area contributed by atoms with Gasteiger partial charge in [-0.2, -0.15) is 0 Å². The maximum atomic E-state index is 5.91. The van der Waals surface area contributed by atoms with E-state index < -0.39 is 0 Å². The standard InChI is InChI=1S/C14H25N3/c1-6-7-8-9-16-14(15)13(12(4)5)17-10-11(2)3/h8-11H,6-7H2,1-5H3,(H2,15,16)/b9-8+,17-10-. The third kappa shape index (κ3) is 7.50. The molecule has 0 saturated heterocycles. The lowest BCUT2D eigenvalue weighted by atomic mass is 10.2. The van der Waals surface area contributed by atoms with Gasteiger partial charge in [-0.05, 0) is 31.8 Å². The van der Waals surface area contributed by atoms with Crippen molar-refractivity contribution in [3.05, 3.63) is 23.5 Å². The van der Waals surface area contributed by atoms with E-state index in [0.717, 1.165) is 24.1 Å². The van der Waals surface area contributed by atoms with Gasteiger partial charge in [0.05, 0.1) is 0 Å². The van der Waals surface area contributed by atoms with Gasteiger partial charge in [-0.25, -0.2) is 4.99 Å². The van der Waals surface area contributed by atoms with Crippen LogP contribution in [0.15, 0.2) is 33.5 Å². The van der Waals surface area contributed by atoms with E-state index in [2.05, 4.69) is 30.8 Å². The summed E-state index contributed by atoms with van der Waals surface area (Å²) in [5.74, 6) is 0.891. The summed E-state index contributed by atoms with van der Waals surface area (Å²) in [4.78, 5) is 8.59. The lowest BCUT2D eigenvalue weighted by molar-refractivity contribution is 0.905. The Balaban J connectivity index is 4.80. The van der Waals surface area contributed by atoms with Gasteiger partial charge < -0.3 is 5.73 Å². The number of unbranched alkanes of at least 4 members (excludes halogenated alkanes) is 1. The van der Waals surface area contributed by atoms with Gasteiger partial charge in [-0.1, -0.05) is 33.3 Å². The molecule has 0 rings (SSSR count). The number of hydrogen-bond acceptors (Lipinski definition) is 2. The molecule has 96 valence electrons. The summed E-state index contributed by atoms with van der Waals surface area (Å²) >= 11 is 0. The highest BCUT2D eigenvalue weighted by molar-refractivity contribution is 5.98. The van der Waals surface area contributed by atoms with Gasteiger partial charge in [-0.15, -0.1) is 0 Å². The van der Waals surface area contributed by atoms with Crippen molar-refractivity contribution in [2.45, 2.75) is 47.5 Å². The molecule has 2 N–H and O–H groups in total. The van der Waals surface area contributed by atoms with Crippen LogP contribution in [0.2, 0.25) is 0 Å². The fraction of sp³-hybridized carbons (Fsp3) is 0.571. The summed E-state index contributed by atoms with van der Waals surface area (Å²) in [6, 6.07) is 0. The van der Waals surface area contributed by atoms with Gasteiger partial charge in [0.15, 0.2) is 0 Å². The zero-order valence-electron chi connectivity index (χ0n) is 11.7. The van der Waals surface area contributed by atoms with Crippen LogP contribution in [0, 0.1) is 5.92 Å². The minimum atomic E-state index is 0.410. The monoisotopic (exact) mass is 235 g/mol. The van der Waals surface area contributed by atoms with E-state index in [1.54, 1.807) is 6.20 Å². The molecule has 17 heavy (non-hydrogen) atoms. The molecule has 0 amide bonds. The van der Waals surface area contributed by atoms with Crippen LogP contribution in [0.25, 0.3) is 0 Å². The van der Waals surface area contributed by atoms with Crippen LogP contribution in [0.3, 0.4) is 0 Å². The summed E-state index contributed by atoms with van der Waals surface area (Å²) in [7, 11) is 0. The molecule has 0 aliphatic heterocycles. The Morgan fingerprint density at radius 1 is 1.29 bits per heavy atom. The van der Waals surface area contributed by atoms with Gasteiger partial charge in [-0.3, -0.25) is 4.99 Å². The first-order valence-electron chi connectivity index (χ1n) is 6.19. The Kier molecular flexibility index (Phi) is 8.03. The topological polar surface area (TPSA) is 50.7 Å². The molecule has 0 fully saturated rings. The smallest absolute Gasteiger partial charge is 0.149 e. The number of aliphatic imine (C=N–C) groups is 2. The van der Waals surface area contributed by atoms with Crippen LogP contribution in [0.1, 0.15) is 47.5 Å². The number of nitrogens with two attached hydrogens (primary N) is 1. The number of rotatable bonds is 6. The van der Waals surface area contributed by atoms with E-state index in [-0.39, 0.29) is 0 Å². The molecule has 0 aromatic rings. The third-order valence-corrected chi connectivity index (χ3v) is 1.99. The summed E-state index contributed by atoms with van der Waals surface area (Å²) < 4.78 is 0. The van der Waals surface area contributed by atoms with E-state index >= 15 is 0 Å². The van der Waals surface area contributed by atoms with Crippen molar-refractivity contribution in [2.24, 2.45) is 21.6 Å². The van der Waals surface area contributed by atoms with E-state index in [0.29, 0.717) is 11.8 Å². The maximum Gasteiger partial charge on any atom is 0.149 e. The first-order valence-corrected chi connectivity index (χ1v) is 6.19. The van der Waals surface area contributed by atoms with Crippen molar-refractivity contribution < 1.29 is 0 Å². The summed E-state index contributed by atoms with van der Waals surface area (Å²) in [5, 5.41) is 0. The summed E-state index contributed by atoms with van der Waals surface area (Å²) in [5.41, 5.74) is 7.77. The van der Waals surface area contributed by atoms with Crippen molar-refractivity contribution in [1.29, 1.82) is 0 Å². The van der Waals surface area contributed by atoms with Crippen molar-refractivity contribution in [1.82, 2.24) is 0 Å². The van der Waals surface area contributed by atoms with E-state index in [1.165, 1.54) is 0 Å². The van der Waals surface area contributed by atoms with Crippen LogP contribution in [-0.4, -0.2) is 12.1 Å². The molecule has 0 heterocycles. The molecule has 0 atom stereocenters. The lowest BCUT2D eigenvalue weighted by Gasteiger charge is -2.03. The number of nitrogens with zero attached hydrogens (tertiary/aromatic N) is 2. The zero-order valence-corrected chi connectivity index (χ0v) is 11.7. The molecule has 0 aliphatic rings. The van der Waals surface area contributed by atoms with E-state index in [9.17, 15) is 0 Å². The molecule has 0 bridgehead atoms. The van der Waals surface area contributed by atoms with E-state index in [4.69, 9.17) is 5.73 Å². The highest BCUT2D eigenvalue weighted by atomic mass is 14.9. The van der Waals surface area contributed by atoms with Crippen LogP contribution in [-0.2, 0) is 0 Å². The second-order valence-electron chi connectivity index (χ2n) is 4.56. The lowest BCUT2D eigenvalue weighted by Crippen LogP contribution is -2.14. The molecule has 0 spiro atoms. The third-order valence-electron chi connectivity index (χ3n) is 1.99. The SMILES string of the molecule is CCC/C=C/N=C(/N)C(/N=C\C(C)C)=C(C)C. The second kappa shape index (κ2) is 8.74. The first kappa shape index (κ1) is 15.6. The summed E-state index contributed by atoms with van der Waals surface area (Å²) in [6.07, 6.45) is 7.80. The fourth-order valence-electron chi connectivity index (χ4n) is 1.11. The predicted octanol–water partition coefficient (Wildman–Crippen LogP) is 3.68. The van der Waals surface area contributed by atoms with Crippen LogP contribution in [0.4, 0.5) is 0 Å². The molecule has 0 radical (unpaired) electrons. The molecule has 3 heteroatoms. The maximum absolute atomic E-state index is 5.91. The minimum Gasteiger partial charge on any atom is -0.382 e. The van der Waals surface area contributed by atoms with Gasteiger partial charge >= 0.3 is 0 Å². The Morgan fingerprint density at radius 2 is 1.94 bits per heavy atom. The van der Waals surface area contributed by atoms with Crippen LogP contribution < -0.4 is 5.73 Å². The Bertz CT molecular complexity index is 329. The average Bonchev–Trinajstić information content (AvgIpc) is 2.23. The molecular weight excluding hydrogens is 210 g/mol.